The van der Waals surface area contributed by atoms with Gasteiger partial charge in [0.15, 0.2) is 5.78 Å². The van der Waals surface area contributed by atoms with E-state index in [9.17, 15) is 14.7 Å². The van der Waals surface area contributed by atoms with Crippen LogP contribution < -0.4 is 0 Å². The van der Waals surface area contributed by atoms with Crippen LogP contribution in [0, 0.1) is 0 Å². The maximum absolute atomic E-state index is 11.7. The predicted octanol–water partition coefficient (Wildman–Crippen LogP) is 0.842. The summed E-state index contributed by atoms with van der Waals surface area (Å²) in [6.07, 6.45) is 0.381. The van der Waals surface area contributed by atoms with E-state index in [0.717, 1.165) is 18.4 Å². The van der Waals surface area contributed by atoms with Gasteiger partial charge in [0, 0.05) is 17.2 Å². The average molecular weight is 294 g/mol. The molecule has 3 heterocycles. The van der Waals surface area contributed by atoms with Gasteiger partial charge >= 0.3 is 6.09 Å². The number of aliphatic imine (C=N–C) groups is 1. The van der Waals surface area contributed by atoms with E-state index < -0.39 is 6.09 Å². The van der Waals surface area contributed by atoms with Crippen LogP contribution in [0.15, 0.2) is 16.1 Å². The van der Waals surface area contributed by atoms with Gasteiger partial charge in [-0.15, -0.1) is 0 Å². The minimum atomic E-state index is -0.930. The van der Waals surface area contributed by atoms with Crippen molar-refractivity contribution in [2.24, 2.45) is 4.99 Å². The average Bonchev–Trinajstić information content (AvgIpc) is 2.94. The molecule has 3 aliphatic heterocycles. The summed E-state index contributed by atoms with van der Waals surface area (Å²) >= 11 is 0. The van der Waals surface area contributed by atoms with Gasteiger partial charge in [-0.3, -0.25) is 4.79 Å². The Balaban J connectivity index is 1.70. The summed E-state index contributed by atoms with van der Waals surface area (Å²) in [7, 11) is 0. The lowest BCUT2D eigenvalue weighted by Crippen LogP contribution is -2.48. The summed E-state index contributed by atoms with van der Waals surface area (Å²) < 4.78 is 11.2. The largest absolute Gasteiger partial charge is 0.472 e. The summed E-state index contributed by atoms with van der Waals surface area (Å²) in [6, 6.07) is 0.00168. The predicted molar refractivity (Wildman–Crippen MR) is 73.5 cm³/mol. The third-order valence-electron chi connectivity index (χ3n) is 4.18. The molecule has 0 saturated carbocycles. The minimum absolute atomic E-state index is 0.00168. The van der Waals surface area contributed by atoms with Crippen LogP contribution in [0.4, 0.5) is 4.79 Å². The third kappa shape index (κ3) is 2.65. The molecule has 1 fully saturated rings. The smallest absolute Gasteiger partial charge is 0.407 e. The number of likely N-dealkylation sites (tertiary alicyclic amines) is 1. The van der Waals surface area contributed by atoms with E-state index in [1.54, 1.807) is 0 Å². The lowest BCUT2D eigenvalue weighted by molar-refractivity contribution is -0.114. The Bertz CT molecular complexity index is 539. The highest BCUT2D eigenvalue weighted by molar-refractivity contribution is 6.11. The number of hydrogen-bond acceptors (Lipinski definition) is 5. The van der Waals surface area contributed by atoms with E-state index in [1.165, 1.54) is 4.90 Å². The number of carbonyl (C=O) groups excluding carboxylic acids is 1. The molecule has 0 spiro atoms. The summed E-state index contributed by atoms with van der Waals surface area (Å²) in [5.41, 5.74) is 1.38. The van der Waals surface area contributed by atoms with E-state index in [4.69, 9.17) is 9.47 Å². The quantitative estimate of drug-likeness (QED) is 0.774. The van der Waals surface area contributed by atoms with E-state index in [0.29, 0.717) is 31.2 Å². The van der Waals surface area contributed by atoms with Crippen LogP contribution in [0.3, 0.4) is 0 Å². The second-order valence-electron chi connectivity index (χ2n) is 5.60. The van der Waals surface area contributed by atoms with E-state index in [2.05, 4.69) is 4.99 Å². The number of carboxylic acid groups (broad SMARTS) is 1. The third-order valence-corrected chi connectivity index (χ3v) is 4.18. The number of nitrogens with zero attached hydrogens (tertiary/aromatic N) is 2. The highest BCUT2D eigenvalue weighted by Gasteiger charge is 2.34. The molecule has 2 unspecified atom stereocenters. The first-order valence-corrected chi connectivity index (χ1v) is 7.10. The van der Waals surface area contributed by atoms with Crippen molar-refractivity contribution >= 4 is 17.8 Å². The fourth-order valence-corrected chi connectivity index (χ4v) is 2.91. The molecule has 1 amide bonds. The standard InChI is InChI=1S/C14H18N2O5/c1-8-2-3-9(5-16(8)14(18)19)21-13-11-7-20-6-10(11)12(17)4-15-13/h8-9H,2-7H2,1H3,(H,18,19). The van der Waals surface area contributed by atoms with Gasteiger partial charge in [0.1, 0.15) is 12.6 Å². The van der Waals surface area contributed by atoms with Crippen molar-refractivity contribution in [3.8, 4) is 0 Å². The van der Waals surface area contributed by atoms with Crippen molar-refractivity contribution in [3.05, 3.63) is 11.1 Å². The molecular formula is C14H18N2O5. The summed E-state index contributed by atoms with van der Waals surface area (Å²) in [4.78, 5) is 28.5. The van der Waals surface area contributed by atoms with Gasteiger partial charge in [-0.2, -0.15) is 0 Å². The molecule has 0 bridgehead atoms. The van der Waals surface area contributed by atoms with Crippen molar-refractivity contribution in [2.45, 2.75) is 31.9 Å². The number of amides is 1. The van der Waals surface area contributed by atoms with Crippen molar-refractivity contribution in [1.82, 2.24) is 4.90 Å². The van der Waals surface area contributed by atoms with Gasteiger partial charge in [0.05, 0.1) is 19.8 Å². The molecule has 1 N–H and O–H groups in total. The molecule has 0 aromatic rings. The van der Waals surface area contributed by atoms with Gasteiger partial charge in [0.2, 0.25) is 5.90 Å². The van der Waals surface area contributed by atoms with Crippen LogP contribution in [-0.4, -0.2) is 66.2 Å². The van der Waals surface area contributed by atoms with E-state index >= 15 is 0 Å². The highest BCUT2D eigenvalue weighted by atomic mass is 16.5. The Hall–Kier alpha value is -1.89. The molecule has 0 aromatic heterocycles. The van der Waals surface area contributed by atoms with E-state index in [-0.39, 0.29) is 24.5 Å². The Kier molecular flexibility index (Phi) is 3.67. The van der Waals surface area contributed by atoms with Gasteiger partial charge in [-0.05, 0) is 19.8 Å². The first-order chi connectivity index (χ1) is 10.1. The maximum atomic E-state index is 11.7. The number of ketones is 1. The number of carbonyl (C=O) groups is 2. The molecule has 2 atom stereocenters. The molecule has 21 heavy (non-hydrogen) atoms. The van der Waals surface area contributed by atoms with Crippen molar-refractivity contribution < 1.29 is 24.2 Å². The Morgan fingerprint density at radius 3 is 2.90 bits per heavy atom. The number of hydrogen-bond donors (Lipinski definition) is 1. The summed E-state index contributed by atoms with van der Waals surface area (Å²) in [5.74, 6) is 0.436. The normalized spacial score (nSPS) is 29.3. The zero-order valence-electron chi connectivity index (χ0n) is 11.9. The molecular weight excluding hydrogens is 276 g/mol. The van der Waals surface area contributed by atoms with Gasteiger partial charge in [-0.1, -0.05) is 0 Å². The zero-order valence-corrected chi connectivity index (χ0v) is 11.9. The van der Waals surface area contributed by atoms with Crippen LogP contribution in [0.25, 0.3) is 0 Å². The molecule has 3 aliphatic rings. The molecule has 0 aliphatic carbocycles. The monoisotopic (exact) mass is 294 g/mol. The second kappa shape index (κ2) is 5.48. The van der Waals surface area contributed by atoms with Crippen molar-refractivity contribution in [2.75, 3.05) is 26.3 Å². The molecule has 7 nitrogen and oxygen atoms in total. The van der Waals surface area contributed by atoms with Crippen LogP contribution in [0.5, 0.6) is 0 Å². The first kappa shape index (κ1) is 14.1. The molecule has 0 radical (unpaired) electrons. The van der Waals surface area contributed by atoms with E-state index in [1.807, 2.05) is 6.92 Å². The van der Waals surface area contributed by atoms with Crippen LogP contribution in [0.2, 0.25) is 0 Å². The lowest BCUT2D eigenvalue weighted by Gasteiger charge is -2.36. The molecule has 114 valence electrons. The highest BCUT2D eigenvalue weighted by Crippen LogP contribution is 2.25. The van der Waals surface area contributed by atoms with Crippen molar-refractivity contribution in [3.63, 3.8) is 0 Å². The number of dihydropyridines is 1. The Morgan fingerprint density at radius 2 is 2.14 bits per heavy atom. The zero-order chi connectivity index (χ0) is 15.0. The number of piperidine rings is 1. The molecule has 0 aromatic carbocycles. The topological polar surface area (TPSA) is 88.4 Å². The summed E-state index contributed by atoms with van der Waals surface area (Å²) in [6.45, 7) is 2.97. The Morgan fingerprint density at radius 1 is 1.38 bits per heavy atom. The minimum Gasteiger partial charge on any atom is -0.472 e. The van der Waals surface area contributed by atoms with Crippen LogP contribution >= 0.6 is 0 Å². The Labute approximate surface area is 122 Å². The molecule has 7 heteroatoms. The van der Waals surface area contributed by atoms with Gasteiger partial charge in [-0.25, -0.2) is 9.79 Å². The van der Waals surface area contributed by atoms with Gasteiger partial charge in [0.25, 0.3) is 0 Å². The van der Waals surface area contributed by atoms with Gasteiger partial charge < -0.3 is 19.5 Å². The van der Waals surface area contributed by atoms with Crippen LogP contribution in [-0.2, 0) is 14.3 Å². The number of ether oxygens (including phenoxy) is 2. The fourth-order valence-electron chi connectivity index (χ4n) is 2.91. The maximum Gasteiger partial charge on any atom is 0.407 e. The molecule has 1 saturated heterocycles. The molecule has 3 rings (SSSR count). The van der Waals surface area contributed by atoms with Crippen LogP contribution in [0.1, 0.15) is 19.8 Å². The SMILES string of the molecule is CC1CCC(OC2=NCC(=O)C3=C2COC3)CN1C(=O)O. The first-order valence-electron chi connectivity index (χ1n) is 7.10. The summed E-state index contributed by atoms with van der Waals surface area (Å²) in [5, 5.41) is 9.18. The number of Topliss-reactive ketones (excluding diaryl/α,β-unsaturated/α-hetero) is 1. The fraction of sp³-hybridized carbons (Fsp3) is 0.643. The van der Waals surface area contributed by atoms with Crippen molar-refractivity contribution in [1.29, 1.82) is 0 Å². The second-order valence-corrected chi connectivity index (χ2v) is 5.60. The number of rotatable bonds is 1. The lowest BCUT2D eigenvalue weighted by atomic mass is 10.0.